The summed E-state index contributed by atoms with van der Waals surface area (Å²) in [5.74, 6) is 0. The minimum absolute atomic E-state index is 0.246. The summed E-state index contributed by atoms with van der Waals surface area (Å²) < 4.78 is 5.25. The third kappa shape index (κ3) is 1.90. The van der Waals surface area contributed by atoms with Gasteiger partial charge < -0.3 is 4.42 Å². The van der Waals surface area contributed by atoms with Gasteiger partial charge >= 0.3 is 5.63 Å². The molecule has 0 saturated carbocycles. The van der Waals surface area contributed by atoms with Crippen LogP contribution < -0.4 is 5.63 Å². The molecule has 6 heteroatoms. The van der Waals surface area contributed by atoms with Crippen molar-refractivity contribution < 1.29 is 4.42 Å². The Morgan fingerprint density at radius 1 is 1.05 bits per heavy atom. The van der Waals surface area contributed by atoms with Crippen molar-refractivity contribution in [3.05, 3.63) is 58.3 Å². The molecule has 0 fully saturated rings. The summed E-state index contributed by atoms with van der Waals surface area (Å²) in [7, 11) is 0. The van der Waals surface area contributed by atoms with Crippen LogP contribution in [0.3, 0.4) is 0 Å². The first-order valence-electron chi connectivity index (χ1n) is 6.25. The molecule has 1 aromatic carbocycles. The second kappa shape index (κ2) is 4.43. The van der Waals surface area contributed by atoms with Crippen LogP contribution in [0, 0.1) is 0 Å². The maximum Gasteiger partial charge on any atom is 0.345 e. The number of aromatic amines is 1. The molecule has 1 N–H and O–H groups in total. The highest BCUT2D eigenvalue weighted by Gasteiger charge is 2.10. The summed E-state index contributed by atoms with van der Waals surface area (Å²) in [5.41, 5.74) is 1.61. The van der Waals surface area contributed by atoms with Crippen LogP contribution in [0.25, 0.3) is 33.0 Å². The predicted molar refractivity (Wildman–Crippen MR) is 80.4 cm³/mol. The lowest BCUT2D eigenvalue weighted by atomic mass is 10.0. The lowest BCUT2D eigenvalue weighted by Crippen LogP contribution is -2.01. The molecule has 5 nitrogen and oxygen atoms in total. The van der Waals surface area contributed by atoms with Crippen molar-refractivity contribution >= 4 is 33.5 Å². The third-order valence-electron chi connectivity index (χ3n) is 3.38. The first-order valence-corrected chi connectivity index (χ1v) is 6.62. The molecule has 0 spiro atoms. The number of hydrogen-bond acceptors (Lipinski definition) is 4. The van der Waals surface area contributed by atoms with Gasteiger partial charge in [0.05, 0.1) is 11.6 Å². The van der Waals surface area contributed by atoms with E-state index < -0.39 is 5.63 Å². The molecule has 4 rings (SSSR count). The summed E-state index contributed by atoms with van der Waals surface area (Å²) >= 11 is 5.83. The molecular formula is C15H8ClN3O2. The van der Waals surface area contributed by atoms with E-state index in [1.807, 2.05) is 12.1 Å². The van der Waals surface area contributed by atoms with E-state index in [1.54, 1.807) is 30.6 Å². The Morgan fingerprint density at radius 3 is 2.71 bits per heavy atom. The second-order valence-corrected chi connectivity index (χ2v) is 5.01. The average molecular weight is 298 g/mol. The van der Waals surface area contributed by atoms with Crippen LogP contribution in [0.15, 0.2) is 51.9 Å². The third-order valence-corrected chi connectivity index (χ3v) is 3.59. The molecule has 3 heterocycles. The lowest BCUT2D eigenvalue weighted by Gasteiger charge is -2.04. The molecule has 0 bridgehead atoms. The molecule has 0 amide bonds. The smallest absolute Gasteiger partial charge is 0.345 e. The van der Waals surface area contributed by atoms with Crippen molar-refractivity contribution in [2.75, 3.05) is 0 Å². The lowest BCUT2D eigenvalue weighted by molar-refractivity contribution is 0.558. The van der Waals surface area contributed by atoms with Crippen molar-refractivity contribution in [1.29, 1.82) is 0 Å². The number of hydrogen-bond donors (Lipinski definition) is 1. The van der Waals surface area contributed by atoms with Gasteiger partial charge in [-0.25, -0.2) is 9.78 Å². The monoisotopic (exact) mass is 297 g/mol. The highest BCUT2D eigenvalue weighted by molar-refractivity contribution is 6.29. The Hall–Kier alpha value is -2.66. The summed E-state index contributed by atoms with van der Waals surface area (Å²) in [4.78, 5) is 16.2. The zero-order valence-corrected chi connectivity index (χ0v) is 11.4. The fourth-order valence-corrected chi connectivity index (χ4v) is 2.52. The van der Waals surface area contributed by atoms with Crippen molar-refractivity contribution in [3.63, 3.8) is 0 Å². The van der Waals surface area contributed by atoms with E-state index in [2.05, 4.69) is 15.2 Å². The van der Waals surface area contributed by atoms with Crippen LogP contribution in [-0.4, -0.2) is 15.2 Å². The van der Waals surface area contributed by atoms with Crippen LogP contribution in [0.5, 0.6) is 0 Å². The van der Waals surface area contributed by atoms with Crippen molar-refractivity contribution in [1.82, 2.24) is 15.2 Å². The van der Waals surface area contributed by atoms with Gasteiger partial charge in [-0.3, -0.25) is 5.10 Å². The number of fused-ring (bicyclic) bond motifs is 3. The number of nitrogens with zero attached hydrogens (tertiary/aromatic N) is 2. The maximum atomic E-state index is 12.2. The molecular weight excluding hydrogens is 290 g/mol. The van der Waals surface area contributed by atoms with E-state index in [0.717, 1.165) is 21.9 Å². The minimum atomic E-state index is -0.433. The van der Waals surface area contributed by atoms with Gasteiger partial charge in [-0.2, -0.15) is 5.10 Å². The van der Waals surface area contributed by atoms with Gasteiger partial charge in [-0.1, -0.05) is 23.7 Å². The molecule has 0 atom stereocenters. The fraction of sp³-hybridized carbons (Fsp3) is 0. The number of nitrogens with one attached hydrogen (secondary N) is 1. The zero-order valence-electron chi connectivity index (χ0n) is 10.6. The quantitative estimate of drug-likeness (QED) is 0.432. The molecule has 3 aromatic heterocycles. The number of halogens is 1. The van der Waals surface area contributed by atoms with Crippen molar-refractivity contribution in [3.8, 4) is 11.1 Å². The van der Waals surface area contributed by atoms with Gasteiger partial charge in [-0.05, 0) is 23.8 Å². The van der Waals surface area contributed by atoms with Crippen molar-refractivity contribution in [2.24, 2.45) is 0 Å². The van der Waals surface area contributed by atoms with E-state index >= 15 is 0 Å². The number of rotatable bonds is 1. The highest BCUT2D eigenvalue weighted by Crippen LogP contribution is 2.27. The topological polar surface area (TPSA) is 71.8 Å². The van der Waals surface area contributed by atoms with Crippen molar-refractivity contribution in [2.45, 2.75) is 0 Å². The van der Waals surface area contributed by atoms with Gasteiger partial charge in [0.1, 0.15) is 5.15 Å². The van der Waals surface area contributed by atoms with E-state index in [9.17, 15) is 4.79 Å². The molecule has 0 aliphatic carbocycles. The molecule has 102 valence electrons. The number of benzene rings is 1. The Morgan fingerprint density at radius 2 is 1.90 bits per heavy atom. The van der Waals surface area contributed by atoms with Crippen LogP contribution in [-0.2, 0) is 0 Å². The molecule has 21 heavy (non-hydrogen) atoms. The normalized spacial score (nSPS) is 11.3. The summed E-state index contributed by atoms with van der Waals surface area (Å²) in [6.07, 6.45) is 3.47. The first-order chi connectivity index (χ1) is 10.2. The Labute approximate surface area is 123 Å². The predicted octanol–water partition coefficient (Wildman–Crippen LogP) is 3.38. The average Bonchev–Trinajstić information content (AvgIpc) is 3.01. The maximum absolute atomic E-state index is 12.2. The van der Waals surface area contributed by atoms with Gasteiger partial charge in [-0.15, -0.1) is 0 Å². The molecule has 0 saturated heterocycles. The van der Waals surface area contributed by atoms with E-state index in [4.69, 9.17) is 16.0 Å². The van der Waals surface area contributed by atoms with Crippen LogP contribution >= 0.6 is 11.6 Å². The molecule has 0 aliphatic heterocycles. The second-order valence-electron chi connectivity index (χ2n) is 4.62. The fourth-order valence-electron chi connectivity index (χ4n) is 2.38. The first kappa shape index (κ1) is 12.1. The Bertz CT molecular complexity index is 1020. The van der Waals surface area contributed by atoms with Crippen LogP contribution in [0.4, 0.5) is 0 Å². The molecule has 0 radical (unpaired) electrons. The molecule has 0 unspecified atom stereocenters. The van der Waals surface area contributed by atoms with Crippen LogP contribution in [0.1, 0.15) is 0 Å². The van der Waals surface area contributed by atoms with Gasteiger partial charge in [0.2, 0.25) is 5.71 Å². The number of pyridine rings is 1. The van der Waals surface area contributed by atoms with E-state index in [-0.39, 0.29) is 5.71 Å². The van der Waals surface area contributed by atoms with Gasteiger partial charge in [0.15, 0.2) is 0 Å². The standard InChI is InChI=1S/C15H8ClN3O2/c16-13-4-3-11-10-2-1-8(9-6-17-18-7-9)5-12(10)15(20)21-14(11)19-13/h1-7H,(H,17,18). The summed E-state index contributed by atoms with van der Waals surface area (Å²) in [5, 5.41) is 9.00. The Balaban J connectivity index is 2.09. The van der Waals surface area contributed by atoms with E-state index in [1.165, 1.54) is 0 Å². The minimum Gasteiger partial charge on any atom is -0.403 e. The summed E-state index contributed by atoms with van der Waals surface area (Å²) in [6, 6.07) is 9.08. The molecule has 4 aromatic rings. The number of aromatic nitrogens is 3. The Kier molecular flexibility index (Phi) is 2.55. The SMILES string of the molecule is O=c1oc2nc(Cl)ccc2c2ccc(-c3cn[nH]c3)cc12. The highest BCUT2D eigenvalue weighted by atomic mass is 35.5. The summed E-state index contributed by atoms with van der Waals surface area (Å²) in [6.45, 7) is 0. The van der Waals surface area contributed by atoms with Gasteiger partial charge in [0.25, 0.3) is 0 Å². The molecule has 0 aliphatic rings. The number of H-pyrrole nitrogens is 1. The largest absolute Gasteiger partial charge is 0.403 e. The zero-order chi connectivity index (χ0) is 14.4. The van der Waals surface area contributed by atoms with Crippen LogP contribution in [0.2, 0.25) is 5.15 Å². The van der Waals surface area contributed by atoms with Gasteiger partial charge in [0, 0.05) is 22.5 Å². The van der Waals surface area contributed by atoms with E-state index in [0.29, 0.717) is 10.5 Å².